The Morgan fingerprint density at radius 2 is 2.50 bits per heavy atom. The van der Waals surface area contributed by atoms with Crippen LogP contribution in [0.3, 0.4) is 0 Å². The zero-order chi connectivity index (χ0) is 11.5. The summed E-state index contributed by atoms with van der Waals surface area (Å²) in [5.41, 5.74) is 0. The van der Waals surface area contributed by atoms with Crippen LogP contribution in [0.1, 0.15) is 13.3 Å². The average Bonchev–Trinajstić information content (AvgIpc) is 2.29. The number of hydrogen-bond acceptors (Lipinski definition) is 3. The van der Waals surface area contributed by atoms with Gasteiger partial charge in [0.2, 0.25) is 0 Å². The van der Waals surface area contributed by atoms with Gasteiger partial charge in [-0.3, -0.25) is 0 Å². The Balaban J connectivity index is 2.16. The molecule has 0 aromatic carbocycles. The van der Waals surface area contributed by atoms with Gasteiger partial charge in [-0.2, -0.15) is 0 Å². The molecule has 1 saturated heterocycles. The lowest BCUT2D eigenvalue weighted by atomic mass is 10.2. The SMILES string of the molecule is CCC1CN(c2ncc(Br)cc2F)CCO1. The van der Waals surface area contributed by atoms with Crippen LogP contribution in [0, 0.1) is 5.82 Å². The van der Waals surface area contributed by atoms with Gasteiger partial charge in [0, 0.05) is 23.8 Å². The number of anilines is 1. The van der Waals surface area contributed by atoms with E-state index >= 15 is 0 Å². The number of halogens is 2. The molecule has 2 heterocycles. The molecule has 1 atom stereocenters. The molecule has 1 aliphatic heterocycles. The van der Waals surface area contributed by atoms with E-state index in [9.17, 15) is 4.39 Å². The van der Waals surface area contributed by atoms with E-state index in [-0.39, 0.29) is 11.9 Å². The second kappa shape index (κ2) is 5.10. The molecule has 0 amide bonds. The second-order valence-electron chi connectivity index (χ2n) is 3.81. The molecule has 0 saturated carbocycles. The smallest absolute Gasteiger partial charge is 0.166 e. The Morgan fingerprint density at radius 3 is 3.19 bits per heavy atom. The lowest BCUT2D eigenvalue weighted by Crippen LogP contribution is -2.43. The standard InChI is InChI=1S/C11H14BrFN2O/c1-2-9-7-15(3-4-16-9)11-10(13)5-8(12)6-14-11/h5-6,9H,2-4,7H2,1H3. The van der Waals surface area contributed by atoms with Gasteiger partial charge in [-0.1, -0.05) is 6.92 Å². The van der Waals surface area contributed by atoms with Crippen molar-refractivity contribution in [1.29, 1.82) is 0 Å². The van der Waals surface area contributed by atoms with Crippen molar-refractivity contribution in [3.05, 3.63) is 22.6 Å². The first kappa shape index (κ1) is 11.8. The van der Waals surface area contributed by atoms with Crippen LogP contribution in [-0.4, -0.2) is 30.8 Å². The fraction of sp³-hybridized carbons (Fsp3) is 0.545. The Morgan fingerprint density at radius 1 is 1.69 bits per heavy atom. The van der Waals surface area contributed by atoms with Crippen molar-refractivity contribution in [3.63, 3.8) is 0 Å². The van der Waals surface area contributed by atoms with E-state index < -0.39 is 0 Å². The van der Waals surface area contributed by atoms with Gasteiger partial charge in [0.25, 0.3) is 0 Å². The van der Waals surface area contributed by atoms with E-state index in [0.717, 1.165) is 6.42 Å². The first-order chi connectivity index (χ1) is 7.70. The summed E-state index contributed by atoms with van der Waals surface area (Å²) >= 11 is 3.20. The molecule has 16 heavy (non-hydrogen) atoms. The summed E-state index contributed by atoms with van der Waals surface area (Å²) in [4.78, 5) is 6.06. The molecule has 1 fully saturated rings. The van der Waals surface area contributed by atoms with Crippen LogP contribution < -0.4 is 4.90 Å². The van der Waals surface area contributed by atoms with E-state index in [1.54, 1.807) is 6.20 Å². The molecular formula is C11H14BrFN2O. The summed E-state index contributed by atoms with van der Waals surface area (Å²) in [5, 5.41) is 0. The number of aromatic nitrogens is 1. The molecule has 1 aromatic rings. The van der Waals surface area contributed by atoms with Gasteiger partial charge in [-0.15, -0.1) is 0 Å². The molecule has 0 bridgehead atoms. The molecule has 1 unspecified atom stereocenters. The van der Waals surface area contributed by atoms with Crippen LogP contribution in [0.5, 0.6) is 0 Å². The molecule has 0 radical (unpaired) electrons. The number of hydrogen-bond donors (Lipinski definition) is 0. The first-order valence-electron chi connectivity index (χ1n) is 5.38. The normalized spacial score (nSPS) is 21.2. The average molecular weight is 289 g/mol. The fourth-order valence-electron chi connectivity index (χ4n) is 1.80. The van der Waals surface area contributed by atoms with Gasteiger partial charge in [0.1, 0.15) is 0 Å². The minimum atomic E-state index is -0.286. The van der Waals surface area contributed by atoms with E-state index in [1.807, 2.05) is 4.90 Å². The highest BCUT2D eigenvalue weighted by molar-refractivity contribution is 9.10. The van der Waals surface area contributed by atoms with Gasteiger partial charge in [-0.25, -0.2) is 9.37 Å². The second-order valence-corrected chi connectivity index (χ2v) is 4.72. The zero-order valence-corrected chi connectivity index (χ0v) is 10.7. The quantitative estimate of drug-likeness (QED) is 0.837. The lowest BCUT2D eigenvalue weighted by Gasteiger charge is -2.33. The Bertz CT molecular complexity index is 375. The molecule has 88 valence electrons. The summed E-state index contributed by atoms with van der Waals surface area (Å²) < 4.78 is 19.9. The molecular weight excluding hydrogens is 275 g/mol. The van der Waals surface area contributed by atoms with Crippen molar-refractivity contribution in [3.8, 4) is 0 Å². The van der Waals surface area contributed by atoms with Crippen molar-refractivity contribution in [2.45, 2.75) is 19.4 Å². The number of pyridine rings is 1. The van der Waals surface area contributed by atoms with Crippen LogP contribution in [0.15, 0.2) is 16.7 Å². The third-order valence-electron chi connectivity index (χ3n) is 2.68. The molecule has 3 nitrogen and oxygen atoms in total. The largest absolute Gasteiger partial charge is 0.375 e. The van der Waals surface area contributed by atoms with Crippen LogP contribution >= 0.6 is 15.9 Å². The van der Waals surface area contributed by atoms with Crippen molar-refractivity contribution < 1.29 is 9.13 Å². The number of nitrogens with zero attached hydrogens (tertiary/aromatic N) is 2. The van der Waals surface area contributed by atoms with Crippen LogP contribution in [-0.2, 0) is 4.74 Å². The van der Waals surface area contributed by atoms with Gasteiger partial charge < -0.3 is 9.64 Å². The van der Waals surface area contributed by atoms with Crippen molar-refractivity contribution in [2.75, 3.05) is 24.6 Å². The maximum absolute atomic E-state index is 13.7. The third-order valence-corrected chi connectivity index (χ3v) is 3.12. The van der Waals surface area contributed by atoms with Gasteiger partial charge in [0.05, 0.1) is 12.7 Å². The summed E-state index contributed by atoms with van der Waals surface area (Å²) in [7, 11) is 0. The number of ether oxygens (including phenoxy) is 1. The predicted molar refractivity (Wildman–Crippen MR) is 64.1 cm³/mol. The van der Waals surface area contributed by atoms with Crippen LogP contribution in [0.2, 0.25) is 0 Å². The summed E-state index contributed by atoms with van der Waals surface area (Å²) in [6.45, 7) is 4.11. The van der Waals surface area contributed by atoms with E-state index in [4.69, 9.17) is 4.74 Å². The summed E-state index contributed by atoms with van der Waals surface area (Å²) in [6.07, 6.45) is 2.74. The minimum absolute atomic E-state index is 0.179. The predicted octanol–water partition coefficient (Wildman–Crippen LogP) is 2.60. The molecule has 1 aromatic heterocycles. The maximum atomic E-state index is 13.7. The molecule has 0 aliphatic carbocycles. The molecule has 0 spiro atoms. The fourth-order valence-corrected chi connectivity index (χ4v) is 2.10. The molecule has 0 N–H and O–H groups in total. The Hall–Kier alpha value is -0.680. The lowest BCUT2D eigenvalue weighted by molar-refractivity contribution is 0.0379. The minimum Gasteiger partial charge on any atom is -0.375 e. The van der Waals surface area contributed by atoms with Crippen LogP contribution in [0.4, 0.5) is 10.2 Å². The maximum Gasteiger partial charge on any atom is 0.166 e. The number of morpholine rings is 1. The van der Waals surface area contributed by atoms with Crippen molar-refractivity contribution >= 4 is 21.7 Å². The monoisotopic (exact) mass is 288 g/mol. The Kier molecular flexibility index (Phi) is 3.76. The molecule has 1 aliphatic rings. The summed E-state index contributed by atoms with van der Waals surface area (Å²) in [5.74, 6) is 0.135. The zero-order valence-electron chi connectivity index (χ0n) is 9.12. The van der Waals surface area contributed by atoms with E-state index in [0.29, 0.717) is 30.0 Å². The van der Waals surface area contributed by atoms with E-state index in [2.05, 4.69) is 27.8 Å². The van der Waals surface area contributed by atoms with Crippen molar-refractivity contribution in [1.82, 2.24) is 4.98 Å². The number of rotatable bonds is 2. The first-order valence-corrected chi connectivity index (χ1v) is 6.17. The Labute approximate surface area is 103 Å². The summed E-state index contributed by atoms with van der Waals surface area (Å²) in [6, 6.07) is 1.44. The van der Waals surface area contributed by atoms with Gasteiger partial charge in [-0.05, 0) is 28.4 Å². The highest BCUT2D eigenvalue weighted by atomic mass is 79.9. The highest BCUT2D eigenvalue weighted by Crippen LogP contribution is 2.22. The highest BCUT2D eigenvalue weighted by Gasteiger charge is 2.22. The van der Waals surface area contributed by atoms with Crippen LogP contribution in [0.25, 0.3) is 0 Å². The van der Waals surface area contributed by atoms with Crippen molar-refractivity contribution in [2.24, 2.45) is 0 Å². The van der Waals surface area contributed by atoms with E-state index in [1.165, 1.54) is 6.07 Å². The van der Waals surface area contributed by atoms with Gasteiger partial charge in [0.15, 0.2) is 11.6 Å². The molecule has 2 rings (SSSR count). The topological polar surface area (TPSA) is 25.4 Å². The third kappa shape index (κ3) is 2.52. The van der Waals surface area contributed by atoms with Gasteiger partial charge >= 0.3 is 0 Å². The molecule has 5 heteroatoms.